The van der Waals surface area contributed by atoms with Crippen LogP contribution in [-0.4, -0.2) is 36.0 Å². The van der Waals surface area contributed by atoms with Crippen LogP contribution in [0, 0.1) is 40.9 Å². The van der Waals surface area contributed by atoms with Gasteiger partial charge < -0.3 is 20.0 Å². The van der Waals surface area contributed by atoms with Crippen LogP contribution >= 0.6 is 0 Å². The van der Waals surface area contributed by atoms with Gasteiger partial charge in [-0.25, -0.2) is 0 Å². The summed E-state index contributed by atoms with van der Waals surface area (Å²) in [6, 6.07) is 7.60. The monoisotopic (exact) mass is 504 g/mol. The fourth-order valence-electron chi connectivity index (χ4n) is 8.07. The van der Waals surface area contributed by atoms with Gasteiger partial charge in [-0.15, -0.1) is 6.42 Å². The van der Waals surface area contributed by atoms with E-state index in [4.69, 9.17) is 16.0 Å². The molecule has 0 spiro atoms. The first-order valence-corrected chi connectivity index (χ1v) is 13.7. The third-order valence-electron chi connectivity index (χ3n) is 10.4. The second kappa shape index (κ2) is 9.83. The summed E-state index contributed by atoms with van der Waals surface area (Å²) < 4.78 is 5.16. The number of nitrogens with zero attached hydrogens (tertiary/aromatic N) is 1. The number of allylic oxidation sites excluding steroid dienone is 2. The second-order valence-electron chi connectivity index (χ2n) is 12.0. The average Bonchev–Trinajstić information content (AvgIpc) is 3.18. The first kappa shape index (κ1) is 25.9. The maximum Gasteiger partial charge on any atom is 0.261 e. The van der Waals surface area contributed by atoms with Crippen LogP contribution in [0.1, 0.15) is 70.8 Å². The smallest absolute Gasteiger partial charge is 0.261 e. The molecule has 6 atom stereocenters. The number of oxime groups is 1. The zero-order valence-corrected chi connectivity index (χ0v) is 22.4. The van der Waals surface area contributed by atoms with Crippen molar-refractivity contribution in [3.8, 4) is 18.1 Å². The van der Waals surface area contributed by atoms with Crippen LogP contribution in [0.5, 0.6) is 5.75 Å². The Bertz CT molecular complexity index is 1130. The molecular weight excluding hydrogens is 464 g/mol. The molecule has 5 rings (SSSR count). The lowest BCUT2D eigenvalue weighted by Crippen LogP contribution is -2.54. The van der Waals surface area contributed by atoms with Gasteiger partial charge in [0.05, 0.1) is 12.8 Å². The summed E-state index contributed by atoms with van der Waals surface area (Å²) in [6.07, 6.45) is 16.0. The summed E-state index contributed by atoms with van der Waals surface area (Å²) in [6.45, 7) is 5.02. The van der Waals surface area contributed by atoms with Gasteiger partial charge in [-0.05, 0) is 98.3 Å². The van der Waals surface area contributed by atoms with Crippen molar-refractivity contribution >= 4 is 11.6 Å². The van der Waals surface area contributed by atoms with Crippen molar-refractivity contribution in [3.05, 3.63) is 41.5 Å². The molecule has 4 aliphatic rings. The number of aliphatic hydroxyl groups is 1. The molecule has 0 bridgehead atoms. The molecule has 0 radical (unpaired) electrons. The van der Waals surface area contributed by atoms with Gasteiger partial charge in [-0.2, -0.15) is 0 Å². The number of carbonyl (C=O) groups excluding carboxylic acids is 1. The third kappa shape index (κ3) is 4.46. The van der Waals surface area contributed by atoms with Gasteiger partial charge >= 0.3 is 0 Å². The number of carbonyl (C=O) groups is 1. The van der Waals surface area contributed by atoms with E-state index in [0.717, 1.165) is 68.4 Å². The molecule has 37 heavy (non-hydrogen) atoms. The second-order valence-corrected chi connectivity index (χ2v) is 12.0. The lowest BCUT2D eigenvalue weighted by molar-refractivity contribution is -0.125. The molecular formula is C31H40N2O4. The third-order valence-corrected chi connectivity index (χ3v) is 10.4. The molecule has 2 unspecified atom stereocenters. The molecule has 6 nitrogen and oxygen atoms in total. The van der Waals surface area contributed by atoms with Crippen LogP contribution in [0.4, 0.5) is 0 Å². The van der Waals surface area contributed by atoms with Gasteiger partial charge in [0, 0.05) is 12.0 Å². The number of methoxy groups -OCH3 is 1. The summed E-state index contributed by atoms with van der Waals surface area (Å²) in [5.41, 5.74) is 2.44. The maximum absolute atomic E-state index is 12.2. The van der Waals surface area contributed by atoms with E-state index >= 15 is 0 Å². The van der Waals surface area contributed by atoms with Crippen LogP contribution in [0.25, 0.3) is 0 Å². The van der Waals surface area contributed by atoms with E-state index in [2.05, 4.69) is 36.3 Å². The summed E-state index contributed by atoms with van der Waals surface area (Å²) >= 11 is 0. The van der Waals surface area contributed by atoms with Crippen LogP contribution < -0.4 is 10.1 Å². The predicted molar refractivity (Wildman–Crippen MR) is 144 cm³/mol. The molecule has 0 aliphatic heterocycles. The molecule has 1 aromatic rings. The molecule has 0 aromatic heterocycles. The van der Waals surface area contributed by atoms with Gasteiger partial charge in [0.1, 0.15) is 11.4 Å². The van der Waals surface area contributed by atoms with Gasteiger partial charge in [0.15, 0.2) is 6.61 Å². The molecule has 1 amide bonds. The van der Waals surface area contributed by atoms with Gasteiger partial charge in [0.25, 0.3) is 5.91 Å². The summed E-state index contributed by atoms with van der Waals surface area (Å²) in [4.78, 5) is 17.7. The van der Waals surface area contributed by atoms with E-state index in [1.54, 1.807) is 7.11 Å². The number of hydrogen-bond acceptors (Lipinski definition) is 5. The largest absolute Gasteiger partial charge is 0.497 e. The van der Waals surface area contributed by atoms with E-state index < -0.39 is 5.60 Å². The first-order valence-electron chi connectivity index (χ1n) is 13.7. The van der Waals surface area contributed by atoms with E-state index in [-0.39, 0.29) is 23.3 Å². The summed E-state index contributed by atoms with van der Waals surface area (Å²) in [7, 11) is 1.63. The Balaban J connectivity index is 1.18. The summed E-state index contributed by atoms with van der Waals surface area (Å²) in [5, 5.41) is 18.4. The predicted octanol–water partition coefficient (Wildman–Crippen LogP) is 5.01. The Morgan fingerprint density at radius 1 is 1.14 bits per heavy atom. The number of fused-ring (bicyclic) bond motifs is 5. The zero-order valence-electron chi connectivity index (χ0n) is 22.4. The normalized spacial score (nSPS) is 37.4. The van der Waals surface area contributed by atoms with Crippen LogP contribution in [0.3, 0.4) is 0 Å². The SMILES string of the molecule is C#C[C@@]1(O)CCC2[C@H]3CCC4=C/C(=N/OCC(=O)NCc5ccc(OC)cc5)CC[C@@]4(C)C3CC[C@]21C. The molecule has 0 heterocycles. The number of nitrogens with one attached hydrogen (secondary N) is 1. The lowest BCUT2D eigenvalue weighted by atomic mass is 9.46. The van der Waals surface area contributed by atoms with Gasteiger partial charge in [-0.1, -0.05) is 42.6 Å². The fourth-order valence-corrected chi connectivity index (χ4v) is 8.07. The van der Waals surface area contributed by atoms with Crippen LogP contribution in [-0.2, 0) is 16.2 Å². The zero-order chi connectivity index (χ0) is 26.3. The van der Waals surface area contributed by atoms with Crippen molar-refractivity contribution in [2.45, 2.75) is 77.4 Å². The Hall–Kier alpha value is -2.78. The first-order chi connectivity index (χ1) is 17.7. The highest BCUT2D eigenvalue weighted by atomic mass is 16.6. The number of terminal acetylenes is 1. The van der Waals surface area contributed by atoms with Crippen molar-refractivity contribution in [3.63, 3.8) is 0 Å². The van der Waals surface area contributed by atoms with Crippen molar-refractivity contribution in [2.75, 3.05) is 13.7 Å². The van der Waals surface area contributed by atoms with Crippen molar-refractivity contribution in [2.24, 2.45) is 33.7 Å². The minimum atomic E-state index is -0.954. The van der Waals surface area contributed by atoms with Gasteiger partial charge in [0.2, 0.25) is 0 Å². The minimum absolute atomic E-state index is 0.0941. The van der Waals surface area contributed by atoms with Crippen molar-refractivity contribution in [1.29, 1.82) is 0 Å². The molecule has 3 saturated carbocycles. The maximum atomic E-state index is 12.2. The van der Waals surface area contributed by atoms with E-state index in [0.29, 0.717) is 24.3 Å². The van der Waals surface area contributed by atoms with Crippen molar-refractivity contribution < 1.29 is 19.5 Å². The average molecular weight is 505 g/mol. The quantitative estimate of drug-likeness (QED) is 0.422. The van der Waals surface area contributed by atoms with Gasteiger partial charge in [-0.3, -0.25) is 4.79 Å². The van der Waals surface area contributed by atoms with E-state index in [1.807, 2.05) is 24.3 Å². The van der Waals surface area contributed by atoms with E-state index in [9.17, 15) is 9.90 Å². The highest BCUT2D eigenvalue weighted by Gasteiger charge is 2.63. The lowest BCUT2D eigenvalue weighted by Gasteiger charge is -2.58. The molecule has 4 aliphatic carbocycles. The molecule has 198 valence electrons. The molecule has 1 aromatic carbocycles. The number of ether oxygens (including phenoxy) is 1. The topological polar surface area (TPSA) is 80.2 Å². The Morgan fingerprint density at radius 2 is 1.89 bits per heavy atom. The minimum Gasteiger partial charge on any atom is -0.497 e. The molecule has 2 N–H and O–H groups in total. The number of rotatable bonds is 6. The van der Waals surface area contributed by atoms with E-state index in [1.165, 1.54) is 5.57 Å². The molecule has 3 fully saturated rings. The Labute approximate surface area is 220 Å². The number of hydrogen-bond donors (Lipinski definition) is 2. The summed E-state index contributed by atoms with van der Waals surface area (Å²) in [5.74, 6) is 5.11. The van der Waals surface area contributed by atoms with Crippen LogP contribution in [0.2, 0.25) is 0 Å². The Morgan fingerprint density at radius 3 is 2.62 bits per heavy atom. The Kier molecular flexibility index (Phi) is 6.87. The van der Waals surface area contributed by atoms with Crippen LogP contribution in [0.15, 0.2) is 41.1 Å². The number of benzene rings is 1. The number of amides is 1. The fraction of sp³-hybridized carbons (Fsp3) is 0.613. The highest BCUT2D eigenvalue weighted by molar-refractivity contribution is 5.96. The standard InChI is InChI=1S/C31H40N2O4/c1-5-31(35)17-14-27-25-11-8-22-18-23(12-15-29(22,2)26(25)13-16-30(27,31)3)33-37-20-28(34)32-19-21-6-9-24(36-4)10-7-21/h1,6-7,9-10,18,25-27,35H,8,11-17,19-20H2,2-4H3,(H,32,34)/b33-23+/t25-,26?,27?,29+,30+,31+/m0/s1. The van der Waals surface area contributed by atoms with Crippen molar-refractivity contribution in [1.82, 2.24) is 5.32 Å². The highest BCUT2D eigenvalue weighted by Crippen LogP contribution is 2.67. The molecule has 0 saturated heterocycles. The molecule has 6 heteroatoms.